The quantitative estimate of drug-likeness (QED) is 0.633. The molecule has 1 fully saturated rings. The van der Waals surface area contributed by atoms with Crippen LogP contribution in [0.25, 0.3) is 10.9 Å². The van der Waals surface area contributed by atoms with Crippen LogP contribution in [0.15, 0.2) is 54.7 Å². The minimum Gasteiger partial charge on any atom is -0.497 e. The highest BCUT2D eigenvalue weighted by Gasteiger charge is 2.23. The van der Waals surface area contributed by atoms with E-state index in [1.54, 1.807) is 14.2 Å². The van der Waals surface area contributed by atoms with Gasteiger partial charge in [-0.25, -0.2) is 0 Å². The summed E-state index contributed by atoms with van der Waals surface area (Å²) in [6.45, 7) is 2.07. The largest absolute Gasteiger partial charge is 0.497 e. The molecule has 0 bridgehead atoms. The molecule has 5 heteroatoms. The maximum absolute atomic E-state index is 12.8. The van der Waals surface area contributed by atoms with E-state index in [4.69, 9.17) is 9.47 Å². The lowest BCUT2D eigenvalue weighted by atomic mass is 9.90. The minimum absolute atomic E-state index is 0.196. The van der Waals surface area contributed by atoms with E-state index in [2.05, 4.69) is 12.1 Å². The molecule has 2 aromatic carbocycles. The molecule has 3 aromatic rings. The van der Waals surface area contributed by atoms with Gasteiger partial charge in [-0.15, -0.1) is 0 Å². The van der Waals surface area contributed by atoms with Gasteiger partial charge in [0.25, 0.3) is 0 Å². The molecule has 0 atom stereocenters. The van der Waals surface area contributed by atoms with E-state index < -0.39 is 0 Å². The Morgan fingerprint density at radius 1 is 0.966 bits per heavy atom. The summed E-state index contributed by atoms with van der Waals surface area (Å²) < 4.78 is 12.5. The summed E-state index contributed by atoms with van der Waals surface area (Å²) in [5.41, 5.74) is 2.40. The first-order valence-electron chi connectivity index (χ1n) is 10.2. The molecule has 1 saturated heterocycles. The van der Waals surface area contributed by atoms with Gasteiger partial charge in [-0.3, -0.25) is 4.79 Å². The second-order valence-electron chi connectivity index (χ2n) is 7.74. The lowest BCUT2D eigenvalue weighted by molar-refractivity contribution is -0.133. The van der Waals surface area contributed by atoms with Gasteiger partial charge in [-0.2, -0.15) is 0 Å². The number of aromatic nitrogens is 1. The number of carbonyl (C=O) groups is 1. The number of amides is 1. The molecule has 0 N–H and O–H groups in total. The molecule has 5 nitrogen and oxygen atoms in total. The van der Waals surface area contributed by atoms with Gasteiger partial charge in [0.2, 0.25) is 5.91 Å². The third kappa shape index (κ3) is 4.39. The molecule has 1 aliphatic heterocycles. The highest BCUT2D eigenvalue weighted by atomic mass is 16.5. The van der Waals surface area contributed by atoms with Gasteiger partial charge >= 0.3 is 0 Å². The Morgan fingerprint density at radius 3 is 2.34 bits per heavy atom. The molecule has 0 saturated carbocycles. The summed E-state index contributed by atoms with van der Waals surface area (Å²) in [6.07, 6.45) is 5.16. The summed E-state index contributed by atoms with van der Waals surface area (Å²) in [5.74, 6) is 2.55. The number of ether oxygens (including phenoxy) is 2. The summed E-state index contributed by atoms with van der Waals surface area (Å²) in [4.78, 5) is 14.8. The Labute approximate surface area is 171 Å². The van der Waals surface area contributed by atoms with Crippen LogP contribution in [-0.4, -0.2) is 42.7 Å². The molecule has 0 aliphatic carbocycles. The van der Waals surface area contributed by atoms with Crippen LogP contribution in [0.5, 0.6) is 11.5 Å². The van der Waals surface area contributed by atoms with Crippen molar-refractivity contribution in [1.29, 1.82) is 0 Å². The van der Waals surface area contributed by atoms with Gasteiger partial charge in [0.15, 0.2) is 0 Å². The lowest BCUT2D eigenvalue weighted by Gasteiger charge is -2.32. The highest BCUT2D eigenvalue weighted by molar-refractivity contribution is 5.84. The van der Waals surface area contributed by atoms with Gasteiger partial charge in [-0.05, 0) is 67.1 Å². The van der Waals surface area contributed by atoms with Crippen molar-refractivity contribution in [2.45, 2.75) is 25.8 Å². The maximum atomic E-state index is 12.8. The van der Waals surface area contributed by atoms with Crippen molar-refractivity contribution < 1.29 is 14.3 Å². The zero-order chi connectivity index (χ0) is 20.2. The van der Waals surface area contributed by atoms with Crippen molar-refractivity contribution in [3.05, 3.63) is 60.3 Å². The van der Waals surface area contributed by atoms with E-state index in [1.807, 2.05) is 52.1 Å². The van der Waals surface area contributed by atoms with E-state index in [9.17, 15) is 4.79 Å². The number of hydrogen-bond donors (Lipinski definition) is 0. The fourth-order valence-corrected chi connectivity index (χ4v) is 4.17. The molecule has 1 aliphatic rings. The number of likely N-dealkylation sites (tertiary alicyclic amines) is 1. The highest BCUT2D eigenvalue weighted by Crippen LogP contribution is 2.25. The summed E-state index contributed by atoms with van der Waals surface area (Å²) in [6, 6.07) is 16.3. The van der Waals surface area contributed by atoms with E-state index in [-0.39, 0.29) is 5.91 Å². The van der Waals surface area contributed by atoms with Crippen LogP contribution in [0.4, 0.5) is 0 Å². The van der Waals surface area contributed by atoms with Crippen molar-refractivity contribution in [2.75, 3.05) is 27.3 Å². The average molecular weight is 392 g/mol. The van der Waals surface area contributed by atoms with Crippen molar-refractivity contribution in [1.82, 2.24) is 9.47 Å². The molecule has 0 radical (unpaired) electrons. The fraction of sp³-hybridized carbons (Fsp3) is 0.375. The fourth-order valence-electron chi connectivity index (χ4n) is 4.17. The van der Waals surface area contributed by atoms with Crippen LogP contribution in [0.3, 0.4) is 0 Å². The molecular weight excluding hydrogens is 364 g/mol. The number of hydrogen-bond acceptors (Lipinski definition) is 3. The second kappa shape index (κ2) is 8.60. The predicted octanol–water partition coefficient (Wildman–Crippen LogP) is 4.14. The second-order valence-corrected chi connectivity index (χ2v) is 7.74. The number of fused-ring (bicyclic) bond motifs is 1. The minimum atomic E-state index is 0.196. The number of nitrogens with zero attached hydrogens (tertiary/aromatic N) is 2. The summed E-state index contributed by atoms with van der Waals surface area (Å²) >= 11 is 0. The topological polar surface area (TPSA) is 43.7 Å². The molecule has 29 heavy (non-hydrogen) atoms. The molecule has 0 spiro atoms. The monoisotopic (exact) mass is 392 g/mol. The zero-order valence-corrected chi connectivity index (χ0v) is 17.1. The summed E-state index contributed by atoms with van der Waals surface area (Å²) in [5, 5.41) is 1.09. The molecular formula is C24H28N2O3. The number of methoxy groups -OCH3 is 2. The molecule has 4 rings (SSSR count). The SMILES string of the molecule is COc1ccc(CC2CCN(C(=O)Cn3ccc4cc(OC)ccc43)CC2)cc1. The number of benzene rings is 2. The Hall–Kier alpha value is -2.95. The number of piperidine rings is 1. The van der Waals surface area contributed by atoms with Crippen LogP contribution in [0, 0.1) is 5.92 Å². The van der Waals surface area contributed by atoms with Gasteiger partial charge in [-0.1, -0.05) is 12.1 Å². The van der Waals surface area contributed by atoms with Crippen LogP contribution in [-0.2, 0) is 17.8 Å². The van der Waals surface area contributed by atoms with Gasteiger partial charge in [0.05, 0.1) is 14.2 Å². The zero-order valence-electron chi connectivity index (χ0n) is 17.1. The molecule has 1 aromatic heterocycles. The van der Waals surface area contributed by atoms with Crippen LogP contribution < -0.4 is 9.47 Å². The molecule has 0 unspecified atom stereocenters. The van der Waals surface area contributed by atoms with Crippen LogP contribution in [0.1, 0.15) is 18.4 Å². The third-order valence-electron chi connectivity index (χ3n) is 5.93. The summed E-state index contributed by atoms with van der Waals surface area (Å²) in [7, 11) is 3.36. The lowest BCUT2D eigenvalue weighted by Crippen LogP contribution is -2.40. The Balaban J connectivity index is 1.32. The smallest absolute Gasteiger partial charge is 0.242 e. The van der Waals surface area contributed by atoms with Crippen molar-refractivity contribution in [3.8, 4) is 11.5 Å². The van der Waals surface area contributed by atoms with Crippen molar-refractivity contribution in [2.24, 2.45) is 5.92 Å². The Bertz CT molecular complexity index is 969. The average Bonchev–Trinajstić information content (AvgIpc) is 3.16. The van der Waals surface area contributed by atoms with Crippen molar-refractivity contribution in [3.63, 3.8) is 0 Å². The number of carbonyl (C=O) groups excluding carboxylic acids is 1. The van der Waals surface area contributed by atoms with Gasteiger partial charge in [0.1, 0.15) is 18.0 Å². The van der Waals surface area contributed by atoms with E-state index >= 15 is 0 Å². The first-order valence-corrected chi connectivity index (χ1v) is 10.2. The molecule has 152 valence electrons. The van der Waals surface area contributed by atoms with E-state index in [1.165, 1.54) is 5.56 Å². The first kappa shape index (κ1) is 19.4. The Kier molecular flexibility index (Phi) is 5.74. The number of rotatable bonds is 6. The van der Waals surface area contributed by atoms with Crippen molar-refractivity contribution >= 4 is 16.8 Å². The molecule has 2 heterocycles. The van der Waals surface area contributed by atoms with Gasteiger partial charge in [0, 0.05) is 30.2 Å². The van der Waals surface area contributed by atoms with Crippen LogP contribution >= 0.6 is 0 Å². The Morgan fingerprint density at radius 2 is 1.66 bits per heavy atom. The predicted molar refractivity (Wildman–Crippen MR) is 114 cm³/mol. The van der Waals surface area contributed by atoms with Gasteiger partial charge < -0.3 is 18.9 Å². The maximum Gasteiger partial charge on any atom is 0.242 e. The van der Waals surface area contributed by atoms with Crippen LogP contribution in [0.2, 0.25) is 0 Å². The third-order valence-corrected chi connectivity index (χ3v) is 5.93. The standard InChI is InChI=1S/C24H28N2O3/c1-28-21-5-3-18(4-6-21)15-19-9-12-25(13-10-19)24(27)17-26-14-11-20-16-22(29-2)7-8-23(20)26/h3-8,11,14,16,19H,9-10,12-13,15,17H2,1-2H3. The van der Waals surface area contributed by atoms with E-state index in [0.29, 0.717) is 12.5 Å². The van der Waals surface area contributed by atoms with E-state index in [0.717, 1.165) is 54.8 Å². The first-order chi connectivity index (χ1) is 14.2. The molecule has 1 amide bonds. The normalized spacial score (nSPS) is 14.9.